The summed E-state index contributed by atoms with van der Waals surface area (Å²) < 4.78 is 0. The molecule has 124 valence electrons. The average Bonchev–Trinajstić information content (AvgIpc) is 2.56. The molecule has 0 aromatic heterocycles. The van der Waals surface area contributed by atoms with Gasteiger partial charge in [-0.05, 0) is 30.7 Å². The number of carbonyl (C=O) groups is 2. The van der Waals surface area contributed by atoms with Crippen molar-refractivity contribution in [1.82, 2.24) is 0 Å². The van der Waals surface area contributed by atoms with Crippen molar-refractivity contribution in [2.24, 2.45) is 10.9 Å². The number of oxime groups is 1. The average molecular weight is 326 g/mol. The van der Waals surface area contributed by atoms with Crippen LogP contribution in [0.4, 0.5) is 16.2 Å². The molecule has 2 aromatic carbocycles. The molecule has 0 fully saturated rings. The van der Waals surface area contributed by atoms with Gasteiger partial charge in [-0.25, -0.2) is 4.79 Å². The van der Waals surface area contributed by atoms with Crippen LogP contribution in [0, 0.1) is 6.92 Å². The van der Waals surface area contributed by atoms with Crippen LogP contribution < -0.4 is 16.4 Å². The molecule has 0 bridgehead atoms. The number of nitrogens with one attached hydrogen (secondary N) is 2. The highest BCUT2D eigenvalue weighted by Gasteiger charge is 2.08. The number of nitrogens with two attached hydrogens (primary N) is 1. The number of para-hydroxylation sites is 2. The molecular formula is C17H18N4O3. The van der Waals surface area contributed by atoms with Gasteiger partial charge in [0.05, 0.1) is 6.42 Å². The molecule has 7 heteroatoms. The van der Waals surface area contributed by atoms with E-state index in [0.29, 0.717) is 11.4 Å². The zero-order valence-corrected chi connectivity index (χ0v) is 13.2. The molecule has 4 N–H and O–H groups in total. The summed E-state index contributed by atoms with van der Waals surface area (Å²) in [5, 5.41) is 8.63. The summed E-state index contributed by atoms with van der Waals surface area (Å²) in [7, 11) is 0. The van der Waals surface area contributed by atoms with Crippen LogP contribution in [0.1, 0.15) is 12.0 Å². The molecule has 0 aliphatic carbocycles. The number of hydrogen-bond acceptors (Lipinski definition) is 4. The maximum Gasteiger partial charge on any atom is 0.437 e. The monoisotopic (exact) mass is 326 g/mol. The topological polar surface area (TPSA) is 106 Å². The molecular weight excluding hydrogens is 308 g/mol. The normalized spacial score (nSPS) is 10.8. The van der Waals surface area contributed by atoms with Gasteiger partial charge in [-0.1, -0.05) is 41.6 Å². The second kappa shape index (κ2) is 8.33. The lowest BCUT2D eigenvalue weighted by atomic mass is 10.2. The fourth-order valence-electron chi connectivity index (χ4n) is 1.87. The summed E-state index contributed by atoms with van der Waals surface area (Å²) in [5.41, 5.74) is 7.78. The Balaban J connectivity index is 1.82. The van der Waals surface area contributed by atoms with E-state index in [1.807, 2.05) is 31.2 Å². The SMILES string of the molecule is Cc1ccccc1NC(=O)C/C(N)=N/OC(=O)Nc1ccccc1. The van der Waals surface area contributed by atoms with Gasteiger partial charge >= 0.3 is 6.09 Å². The van der Waals surface area contributed by atoms with E-state index in [1.165, 1.54) is 0 Å². The minimum Gasteiger partial charge on any atom is -0.384 e. The molecule has 0 saturated carbocycles. The van der Waals surface area contributed by atoms with Gasteiger partial charge < -0.3 is 11.1 Å². The van der Waals surface area contributed by atoms with Crippen molar-refractivity contribution in [3.8, 4) is 0 Å². The van der Waals surface area contributed by atoms with Crippen molar-refractivity contribution in [3.05, 3.63) is 60.2 Å². The lowest BCUT2D eigenvalue weighted by Crippen LogP contribution is -2.23. The fourth-order valence-corrected chi connectivity index (χ4v) is 1.87. The Kier molecular flexibility index (Phi) is 5.90. The van der Waals surface area contributed by atoms with E-state index in [2.05, 4.69) is 20.6 Å². The first-order chi connectivity index (χ1) is 11.5. The Morgan fingerprint density at radius 2 is 1.71 bits per heavy atom. The molecule has 2 aromatic rings. The quantitative estimate of drug-likeness (QED) is 0.340. The molecule has 0 aliphatic heterocycles. The summed E-state index contributed by atoms with van der Waals surface area (Å²) in [6, 6.07) is 16.1. The predicted molar refractivity (Wildman–Crippen MR) is 92.6 cm³/mol. The van der Waals surface area contributed by atoms with Crippen LogP contribution in [0.2, 0.25) is 0 Å². The first-order valence-electron chi connectivity index (χ1n) is 7.25. The van der Waals surface area contributed by atoms with Gasteiger partial charge in [0.15, 0.2) is 0 Å². The maximum atomic E-state index is 11.9. The number of nitrogens with zero attached hydrogens (tertiary/aromatic N) is 1. The van der Waals surface area contributed by atoms with Gasteiger partial charge in [0, 0.05) is 11.4 Å². The first-order valence-corrected chi connectivity index (χ1v) is 7.25. The summed E-state index contributed by atoms with van der Waals surface area (Å²) in [5.74, 6) is -0.457. The van der Waals surface area contributed by atoms with Crippen LogP contribution in [0.5, 0.6) is 0 Å². The molecule has 0 spiro atoms. The van der Waals surface area contributed by atoms with Gasteiger partial charge in [0.1, 0.15) is 5.84 Å². The Morgan fingerprint density at radius 3 is 2.42 bits per heavy atom. The van der Waals surface area contributed by atoms with Crippen molar-refractivity contribution in [2.45, 2.75) is 13.3 Å². The number of amides is 2. The third-order valence-corrected chi connectivity index (χ3v) is 3.03. The molecule has 0 heterocycles. The molecule has 24 heavy (non-hydrogen) atoms. The van der Waals surface area contributed by atoms with Crippen LogP contribution in [-0.4, -0.2) is 17.8 Å². The minimum atomic E-state index is -0.788. The van der Waals surface area contributed by atoms with Crippen molar-refractivity contribution in [1.29, 1.82) is 0 Å². The van der Waals surface area contributed by atoms with Crippen molar-refractivity contribution in [3.63, 3.8) is 0 Å². The number of amidine groups is 1. The van der Waals surface area contributed by atoms with Gasteiger partial charge in [-0.15, -0.1) is 0 Å². The summed E-state index contributed by atoms with van der Waals surface area (Å²) >= 11 is 0. The highest BCUT2D eigenvalue weighted by Crippen LogP contribution is 2.13. The number of carbonyl (C=O) groups excluding carboxylic acids is 2. The van der Waals surface area contributed by atoms with E-state index >= 15 is 0 Å². The largest absolute Gasteiger partial charge is 0.437 e. The standard InChI is InChI=1S/C17H18N4O3/c1-12-7-5-6-10-14(12)20-16(22)11-15(18)21-24-17(23)19-13-8-3-2-4-9-13/h2-10H,11H2,1H3,(H2,18,21)(H,19,23)(H,20,22). The van der Waals surface area contributed by atoms with Crippen LogP contribution in [0.3, 0.4) is 0 Å². The van der Waals surface area contributed by atoms with Crippen molar-refractivity contribution >= 4 is 29.2 Å². The molecule has 2 rings (SSSR count). The van der Waals surface area contributed by atoms with E-state index in [4.69, 9.17) is 5.73 Å². The van der Waals surface area contributed by atoms with Crippen LogP contribution in [-0.2, 0) is 9.63 Å². The molecule has 0 aliphatic rings. The molecule has 7 nitrogen and oxygen atoms in total. The van der Waals surface area contributed by atoms with Crippen LogP contribution >= 0.6 is 0 Å². The Labute approximate surface area is 139 Å². The Morgan fingerprint density at radius 1 is 1.04 bits per heavy atom. The van der Waals surface area contributed by atoms with Gasteiger partial charge in [0.25, 0.3) is 0 Å². The van der Waals surface area contributed by atoms with Crippen molar-refractivity contribution < 1.29 is 14.4 Å². The number of benzene rings is 2. The molecule has 2 amide bonds. The van der Waals surface area contributed by atoms with Crippen molar-refractivity contribution in [2.75, 3.05) is 10.6 Å². The highest BCUT2D eigenvalue weighted by atomic mass is 16.7. The third kappa shape index (κ3) is 5.45. The van der Waals surface area contributed by atoms with Gasteiger partial charge in [-0.3, -0.25) is 14.9 Å². The molecule has 0 atom stereocenters. The smallest absolute Gasteiger partial charge is 0.384 e. The van der Waals surface area contributed by atoms with E-state index in [0.717, 1.165) is 5.56 Å². The molecule has 0 unspecified atom stereocenters. The predicted octanol–water partition coefficient (Wildman–Crippen LogP) is 2.84. The highest BCUT2D eigenvalue weighted by molar-refractivity contribution is 6.05. The Hall–Kier alpha value is -3.35. The lowest BCUT2D eigenvalue weighted by molar-refractivity contribution is -0.115. The van der Waals surface area contributed by atoms with Gasteiger partial charge in [-0.2, -0.15) is 0 Å². The molecule has 0 saturated heterocycles. The third-order valence-electron chi connectivity index (χ3n) is 3.03. The minimum absolute atomic E-state index is 0.107. The van der Waals surface area contributed by atoms with E-state index in [9.17, 15) is 9.59 Å². The Bertz CT molecular complexity index is 745. The second-order valence-electron chi connectivity index (χ2n) is 4.99. The number of anilines is 2. The zero-order valence-electron chi connectivity index (χ0n) is 13.2. The lowest BCUT2D eigenvalue weighted by Gasteiger charge is -2.07. The van der Waals surface area contributed by atoms with Crippen LogP contribution in [0.15, 0.2) is 59.8 Å². The van der Waals surface area contributed by atoms with E-state index in [-0.39, 0.29) is 18.2 Å². The zero-order chi connectivity index (χ0) is 17.4. The number of hydrogen-bond donors (Lipinski definition) is 3. The summed E-state index contributed by atoms with van der Waals surface area (Å²) in [6.07, 6.45) is -0.976. The van der Waals surface area contributed by atoms with Gasteiger partial charge in [0.2, 0.25) is 5.91 Å². The molecule has 0 radical (unpaired) electrons. The fraction of sp³-hybridized carbons (Fsp3) is 0.118. The first kappa shape index (κ1) is 17.0. The number of aryl methyl sites for hydroxylation is 1. The number of rotatable bonds is 5. The van der Waals surface area contributed by atoms with E-state index in [1.54, 1.807) is 30.3 Å². The summed E-state index contributed by atoms with van der Waals surface area (Å²) in [4.78, 5) is 28.0. The summed E-state index contributed by atoms with van der Waals surface area (Å²) in [6.45, 7) is 1.88. The van der Waals surface area contributed by atoms with Crippen LogP contribution in [0.25, 0.3) is 0 Å². The van der Waals surface area contributed by atoms with E-state index < -0.39 is 6.09 Å². The second-order valence-corrected chi connectivity index (χ2v) is 4.99. The maximum absolute atomic E-state index is 11.9.